The van der Waals surface area contributed by atoms with Crippen molar-refractivity contribution in [1.29, 1.82) is 0 Å². The van der Waals surface area contributed by atoms with E-state index in [1.54, 1.807) is 0 Å². The normalized spacial score (nSPS) is 29.1. The van der Waals surface area contributed by atoms with Crippen molar-refractivity contribution in [3.8, 4) is 0 Å². The van der Waals surface area contributed by atoms with Gasteiger partial charge in [0, 0.05) is 31.3 Å². The molecule has 0 radical (unpaired) electrons. The molecule has 0 spiro atoms. The molecular formula is C22H35N3O2. The average Bonchev–Trinajstić information content (AvgIpc) is 3.46. The summed E-state index contributed by atoms with van der Waals surface area (Å²) in [5.41, 5.74) is 0. The van der Waals surface area contributed by atoms with Crippen molar-refractivity contribution in [2.45, 2.75) is 89.9 Å². The molecule has 1 aromatic rings. The van der Waals surface area contributed by atoms with Crippen LogP contribution in [0.2, 0.25) is 0 Å². The number of amides is 1. The van der Waals surface area contributed by atoms with Gasteiger partial charge in [-0.15, -0.1) is 0 Å². The fraction of sp³-hybridized carbons (Fsp3) is 0.864. The van der Waals surface area contributed by atoms with Crippen molar-refractivity contribution >= 4 is 5.91 Å². The Kier molecular flexibility index (Phi) is 6.14. The maximum atomic E-state index is 13.0. The van der Waals surface area contributed by atoms with E-state index in [2.05, 4.69) is 22.0 Å². The molecule has 1 atom stereocenters. The second-order valence-electron chi connectivity index (χ2n) is 9.18. The first-order valence-electron chi connectivity index (χ1n) is 11.3. The molecule has 3 fully saturated rings. The lowest BCUT2D eigenvalue weighted by atomic mass is 9.79. The quantitative estimate of drug-likeness (QED) is 0.693. The highest BCUT2D eigenvalue weighted by Crippen LogP contribution is 2.38. The molecule has 2 saturated carbocycles. The van der Waals surface area contributed by atoms with Crippen molar-refractivity contribution in [3.63, 3.8) is 0 Å². The fourth-order valence-corrected chi connectivity index (χ4v) is 4.99. The summed E-state index contributed by atoms with van der Waals surface area (Å²) in [7, 11) is 0. The Bertz CT molecular complexity index is 617. The number of carbonyl (C=O) groups is 1. The summed E-state index contributed by atoms with van der Waals surface area (Å²) < 4.78 is 5.46. The molecule has 1 aliphatic heterocycles. The third kappa shape index (κ3) is 4.91. The van der Waals surface area contributed by atoms with Gasteiger partial charge in [0.1, 0.15) is 0 Å². The lowest BCUT2D eigenvalue weighted by Crippen LogP contribution is -2.44. The van der Waals surface area contributed by atoms with E-state index in [-0.39, 0.29) is 5.92 Å². The summed E-state index contributed by atoms with van der Waals surface area (Å²) in [6, 6.07) is 0. The van der Waals surface area contributed by atoms with E-state index in [0.717, 1.165) is 62.8 Å². The van der Waals surface area contributed by atoms with Gasteiger partial charge in [0.15, 0.2) is 5.82 Å². The molecule has 1 saturated heterocycles. The van der Waals surface area contributed by atoms with Gasteiger partial charge in [-0.25, -0.2) is 0 Å². The monoisotopic (exact) mass is 373 g/mol. The first-order chi connectivity index (χ1) is 13.2. The van der Waals surface area contributed by atoms with Crippen molar-refractivity contribution in [2.75, 3.05) is 13.1 Å². The van der Waals surface area contributed by atoms with Crippen LogP contribution in [0, 0.1) is 17.8 Å². The maximum absolute atomic E-state index is 13.0. The van der Waals surface area contributed by atoms with Crippen LogP contribution in [-0.4, -0.2) is 34.0 Å². The van der Waals surface area contributed by atoms with E-state index in [1.165, 1.54) is 44.9 Å². The molecule has 2 heterocycles. The van der Waals surface area contributed by atoms with Crippen LogP contribution in [0.4, 0.5) is 0 Å². The highest BCUT2D eigenvalue weighted by Gasteiger charge is 2.33. The Labute approximate surface area is 163 Å². The summed E-state index contributed by atoms with van der Waals surface area (Å²) in [5.74, 6) is 4.22. The van der Waals surface area contributed by atoms with Crippen LogP contribution < -0.4 is 0 Å². The summed E-state index contributed by atoms with van der Waals surface area (Å²) in [6.07, 6.45) is 14.2. The molecule has 2 aliphatic carbocycles. The number of unbranched alkanes of at least 4 members (excludes halogenated alkanes) is 1. The van der Waals surface area contributed by atoms with Crippen molar-refractivity contribution in [2.24, 2.45) is 17.8 Å². The summed E-state index contributed by atoms with van der Waals surface area (Å²) in [6.45, 7) is 4.07. The molecule has 0 N–H and O–H groups in total. The molecular weight excluding hydrogens is 338 g/mol. The van der Waals surface area contributed by atoms with Gasteiger partial charge in [0.2, 0.25) is 11.8 Å². The molecule has 1 unspecified atom stereocenters. The second-order valence-corrected chi connectivity index (χ2v) is 9.18. The lowest BCUT2D eigenvalue weighted by Gasteiger charge is -2.36. The Morgan fingerprint density at radius 2 is 1.93 bits per heavy atom. The smallest absolute Gasteiger partial charge is 0.226 e. The zero-order chi connectivity index (χ0) is 18.6. The summed E-state index contributed by atoms with van der Waals surface area (Å²) >= 11 is 0. The topological polar surface area (TPSA) is 59.2 Å². The minimum Gasteiger partial charge on any atom is -0.342 e. The molecule has 1 amide bonds. The van der Waals surface area contributed by atoms with Crippen molar-refractivity contribution < 1.29 is 9.32 Å². The largest absolute Gasteiger partial charge is 0.342 e. The Morgan fingerprint density at radius 1 is 1.11 bits per heavy atom. The number of piperidine rings is 1. The Balaban J connectivity index is 1.25. The van der Waals surface area contributed by atoms with Gasteiger partial charge in [-0.2, -0.15) is 4.98 Å². The van der Waals surface area contributed by atoms with Gasteiger partial charge in [0.25, 0.3) is 0 Å². The first kappa shape index (κ1) is 18.9. The van der Waals surface area contributed by atoms with E-state index in [4.69, 9.17) is 4.52 Å². The van der Waals surface area contributed by atoms with Gasteiger partial charge in [0.05, 0.1) is 0 Å². The summed E-state index contributed by atoms with van der Waals surface area (Å²) in [4.78, 5) is 19.8. The molecule has 5 heteroatoms. The number of aromatic nitrogens is 2. The third-order valence-corrected chi connectivity index (χ3v) is 6.88. The van der Waals surface area contributed by atoms with Gasteiger partial charge in [-0.3, -0.25) is 4.79 Å². The number of hydrogen-bond donors (Lipinski definition) is 0. The predicted molar refractivity (Wildman–Crippen MR) is 104 cm³/mol. The Hall–Kier alpha value is -1.39. The molecule has 4 rings (SSSR count). The van der Waals surface area contributed by atoms with E-state index in [9.17, 15) is 4.79 Å². The lowest BCUT2D eigenvalue weighted by molar-refractivity contribution is -0.138. The van der Waals surface area contributed by atoms with Crippen LogP contribution in [0.5, 0.6) is 0 Å². The number of likely N-dealkylation sites (tertiary alicyclic amines) is 1. The van der Waals surface area contributed by atoms with Crippen LogP contribution in [0.25, 0.3) is 0 Å². The average molecular weight is 374 g/mol. The minimum atomic E-state index is 0.270. The molecule has 1 aromatic heterocycles. The Morgan fingerprint density at radius 3 is 2.67 bits per heavy atom. The van der Waals surface area contributed by atoms with E-state index < -0.39 is 0 Å². The van der Waals surface area contributed by atoms with E-state index in [1.807, 2.05) is 0 Å². The third-order valence-electron chi connectivity index (χ3n) is 6.88. The molecule has 150 valence electrons. The highest BCUT2D eigenvalue weighted by molar-refractivity contribution is 5.79. The number of hydrogen-bond acceptors (Lipinski definition) is 4. The van der Waals surface area contributed by atoms with Crippen LogP contribution in [-0.2, 0) is 11.2 Å². The maximum Gasteiger partial charge on any atom is 0.226 e. The molecule has 5 nitrogen and oxygen atoms in total. The van der Waals surface area contributed by atoms with Crippen LogP contribution in [0.1, 0.15) is 95.2 Å². The number of carbonyl (C=O) groups excluding carboxylic acids is 1. The van der Waals surface area contributed by atoms with Gasteiger partial charge >= 0.3 is 0 Å². The van der Waals surface area contributed by atoms with Crippen LogP contribution >= 0.6 is 0 Å². The zero-order valence-corrected chi connectivity index (χ0v) is 16.9. The van der Waals surface area contributed by atoms with E-state index >= 15 is 0 Å². The SMILES string of the molecule is CCCCC1CCC(C(=O)N2CCCC(Cc3nc(C4CC4)no3)C2)CC1. The number of rotatable bonds is 7. The predicted octanol–water partition coefficient (Wildman–Crippen LogP) is 4.72. The molecule has 0 bridgehead atoms. The van der Waals surface area contributed by atoms with Crippen LogP contribution in [0.15, 0.2) is 4.52 Å². The standard InChI is InChI=1S/C22H35N3O2/c1-2-3-5-16-7-9-19(10-8-16)22(26)25-13-4-6-17(15-25)14-20-23-21(24-27-20)18-11-12-18/h16-19H,2-15H2,1H3. The molecule has 0 aromatic carbocycles. The molecule has 27 heavy (non-hydrogen) atoms. The number of nitrogens with zero attached hydrogens (tertiary/aromatic N) is 3. The summed E-state index contributed by atoms with van der Waals surface area (Å²) in [5, 5.41) is 4.13. The zero-order valence-electron chi connectivity index (χ0n) is 16.9. The molecule has 3 aliphatic rings. The van der Waals surface area contributed by atoms with Crippen molar-refractivity contribution in [3.05, 3.63) is 11.7 Å². The highest BCUT2D eigenvalue weighted by atomic mass is 16.5. The first-order valence-corrected chi connectivity index (χ1v) is 11.3. The van der Waals surface area contributed by atoms with Crippen LogP contribution in [0.3, 0.4) is 0 Å². The van der Waals surface area contributed by atoms with Gasteiger partial charge in [-0.1, -0.05) is 31.3 Å². The van der Waals surface area contributed by atoms with Gasteiger partial charge < -0.3 is 9.42 Å². The second kappa shape index (κ2) is 8.74. The van der Waals surface area contributed by atoms with Gasteiger partial charge in [-0.05, 0) is 63.2 Å². The van der Waals surface area contributed by atoms with Crippen molar-refractivity contribution in [1.82, 2.24) is 15.0 Å². The fourth-order valence-electron chi connectivity index (χ4n) is 4.99. The minimum absolute atomic E-state index is 0.270. The van der Waals surface area contributed by atoms with E-state index in [0.29, 0.717) is 17.7 Å².